The van der Waals surface area contributed by atoms with Gasteiger partial charge in [0.1, 0.15) is 5.75 Å². The molecule has 5 heteroatoms. The number of rotatable bonds is 4. The molecule has 1 unspecified atom stereocenters. The Labute approximate surface area is 113 Å². The van der Waals surface area contributed by atoms with Crippen LogP contribution in [0.5, 0.6) is 5.75 Å². The first-order valence-corrected chi connectivity index (χ1v) is 6.49. The highest BCUT2D eigenvalue weighted by atomic mass is 35.5. The van der Waals surface area contributed by atoms with E-state index in [1.165, 1.54) is 11.3 Å². The topological polar surface area (TPSA) is 43.4 Å². The second kappa shape index (κ2) is 5.80. The van der Waals surface area contributed by atoms with Crippen LogP contribution < -0.4 is 4.74 Å². The van der Waals surface area contributed by atoms with Crippen molar-refractivity contribution in [3.63, 3.8) is 0 Å². The van der Waals surface area contributed by atoms with Crippen molar-refractivity contribution in [3.05, 3.63) is 52.7 Å². The van der Waals surface area contributed by atoms with E-state index < -0.39 is 17.1 Å². The molecule has 0 aliphatic rings. The van der Waals surface area contributed by atoms with Gasteiger partial charge in [-0.05, 0) is 46.1 Å². The van der Waals surface area contributed by atoms with Crippen molar-refractivity contribution in [1.82, 2.24) is 0 Å². The maximum atomic E-state index is 11.9. The summed E-state index contributed by atoms with van der Waals surface area (Å²) in [6.45, 7) is 0. The molecule has 0 saturated carbocycles. The zero-order chi connectivity index (χ0) is 13.0. The molecule has 3 nitrogen and oxygen atoms in total. The lowest BCUT2D eigenvalue weighted by Crippen LogP contribution is -2.23. The largest absolute Gasteiger partial charge is 0.426 e. The van der Waals surface area contributed by atoms with Crippen molar-refractivity contribution in [1.29, 1.82) is 0 Å². The highest BCUT2D eigenvalue weighted by Crippen LogP contribution is 2.24. The van der Waals surface area contributed by atoms with E-state index in [9.17, 15) is 9.59 Å². The molecule has 1 aromatic heterocycles. The van der Waals surface area contributed by atoms with Crippen LogP contribution in [0, 0.1) is 0 Å². The molecular weight excluding hydrogens is 272 g/mol. The molecule has 0 bridgehead atoms. The molecule has 2 rings (SSSR count). The molecule has 2 aromatic rings. The number of para-hydroxylation sites is 1. The van der Waals surface area contributed by atoms with Gasteiger partial charge in [-0.1, -0.05) is 18.2 Å². The van der Waals surface area contributed by atoms with E-state index in [0.29, 0.717) is 11.3 Å². The lowest BCUT2D eigenvalue weighted by Gasteiger charge is -2.10. The number of thiophene rings is 1. The second-order valence-electron chi connectivity index (χ2n) is 3.53. The van der Waals surface area contributed by atoms with Crippen LogP contribution >= 0.6 is 22.9 Å². The molecule has 1 atom stereocenters. The number of ether oxygens (including phenoxy) is 1. The smallest absolute Gasteiger partial charge is 0.327 e. The van der Waals surface area contributed by atoms with E-state index in [0.717, 1.165) is 0 Å². The first-order valence-electron chi connectivity index (χ1n) is 5.16. The summed E-state index contributed by atoms with van der Waals surface area (Å²) < 4.78 is 5.12. The Balaban J connectivity index is 2.18. The first kappa shape index (κ1) is 12.8. The van der Waals surface area contributed by atoms with Crippen LogP contribution in [-0.2, 0) is 9.59 Å². The molecule has 0 N–H and O–H groups in total. The summed E-state index contributed by atoms with van der Waals surface area (Å²) in [5.74, 6) is -1.35. The lowest BCUT2D eigenvalue weighted by atomic mass is 10.0. The molecule has 92 valence electrons. The zero-order valence-corrected chi connectivity index (χ0v) is 10.8. The predicted molar refractivity (Wildman–Crippen MR) is 70.0 cm³/mol. The van der Waals surface area contributed by atoms with E-state index in [4.69, 9.17) is 16.3 Å². The van der Waals surface area contributed by atoms with Crippen LogP contribution in [0.2, 0.25) is 0 Å². The third-order valence-corrected chi connectivity index (χ3v) is 3.22. The zero-order valence-electron chi connectivity index (χ0n) is 9.21. The molecule has 0 spiro atoms. The van der Waals surface area contributed by atoms with Gasteiger partial charge in [-0.25, -0.2) is 0 Å². The van der Waals surface area contributed by atoms with Crippen molar-refractivity contribution < 1.29 is 14.3 Å². The van der Waals surface area contributed by atoms with E-state index in [2.05, 4.69) is 0 Å². The van der Waals surface area contributed by atoms with E-state index >= 15 is 0 Å². The van der Waals surface area contributed by atoms with Crippen LogP contribution in [0.25, 0.3) is 0 Å². The Hall–Kier alpha value is -1.65. The van der Waals surface area contributed by atoms with Gasteiger partial charge in [0.2, 0.25) is 5.24 Å². The number of halogens is 1. The second-order valence-corrected chi connectivity index (χ2v) is 4.68. The Kier molecular flexibility index (Phi) is 4.12. The van der Waals surface area contributed by atoms with Crippen LogP contribution in [0.3, 0.4) is 0 Å². The molecule has 0 aliphatic carbocycles. The molecular formula is C13H9ClO3S. The monoisotopic (exact) mass is 280 g/mol. The molecule has 18 heavy (non-hydrogen) atoms. The van der Waals surface area contributed by atoms with Crippen LogP contribution in [0.15, 0.2) is 47.2 Å². The van der Waals surface area contributed by atoms with Crippen LogP contribution in [0.1, 0.15) is 11.5 Å². The van der Waals surface area contributed by atoms with Crippen molar-refractivity contribution in [3.8, 4) is 5.75 Å². The summed E-state index contributed by atoms with van der Waals surface area (Å²) in [5, 5.41) is 2.74. The van der Waals surface area contributed by atoms with Gasteiger partial charge in [0.15, 0.2) is 5.92 Å². The van der Waals surface area contributed by atoms with Crippen molar-refractivity contribution in [2.75, 3.05) is 0 Å². The van der Waals surface area contributed by atoms with Crippen molar-refractivity contribution in [2.24, 2.45) is 0 Å². The summed E-state index contributed by atoms with van der Waals surface area (Å²) in [4.78, 5) is 23.3. The van der Waals surface area contributed by atoms with Gasteiger partial charge in [-0.2, -0.15) is 11.3 Å². The average molecular weight is 281 g/mol. The fraction of sp³-hybridized carbons (Fsp3) is 0.0769. The van der Waals surface area contributed by atoms with Gasteiger partial charge in [-0.3, -0.25) is 9.59 Å². The normalized spacial score (nSPS) is 11.8. The predicted octanol–water partition coefficient (Wildman–Crippen LogP) is 3.20. The minimum absolute atomic E-state index is 0.389. The van der Waals surface area contributed by atoms with E-state index in [1.54, 1.807) is 47.2 Å². The summed E-state index contributed by atoms with van der Waals surface area (Å²) in [7, 11) is 0. The summed E-state index contributed by atoms with van der Waals surface area (Å²) in [6.07, 6.45) is 0. The molecule has 0 saturated heterocycles. The Morgan fingerprint density at radius 3 is 2.44 bits per heavy atom. The molecule has 0 aliphatic heterocycles. The molecule has 1 heterocycles. The maximum absolute atomic E-state index is 11.9. The number of esters is 1. The van der Waals surface area contributed by atoms with Gasteiger partial charge < -0.3 is 4.74 Å². The van der Waals surface area contributed by atoms with Crippen molar-refractivity contribution >= 4 is 34.1 Å². The first-order chi connectivity index (χ1) is 8.68. The summed E-state index contributed by atoms with van der Waals surface area (Å²) in [5.41, 5.74) is 0.556. The Bertz CT molecular complexity index is 537. The Morgan fingerprint density at radius 2 is 1.89 bits per heavy atom. The maximum Gasteiger partial charge on any atom is 0.327 e. The fourth-order valence-electron chi connectivity index (χ4n) is 1.46. The highest BCUT2D eigenvalue weighted by Gasteiger charge is 2.29. The average Bonchev–Trinajstić information content (AvgIpc) is 2.83. The van der Waals surface area contributed by atoms with Crippen molar-refractivity contribution in [2.45, 2.75) is 5.92 Å². The van der Waals surface area contributed by atoms with Gasteiger partial charge in [0.05, 0.1) is 0 Å². The van der Waals surface area contributed by atoms with E-state index in [1.807, 2.05) is 0 Å². The number of hydrogen-bond donors (Lipinski definition) is 0. The third-order valence-electron chi connectivity index (χ3n) is 2.30. The minimum atomic E-state index is -1.07. The Morgan fingerprint density at radius 1 is 1.17 bits per heavy atom. The summed E-state index contributed by atoms with van der Waals surface area (Å²) in [6, 6.07) is 10.3. The van der Waals surface area contributed by atoms with Gasteiger partial charge in [-0.15, -0.1) is 0 Å². The number of hydrogen-bond acceptors (Lipinski definition) is 4. The number of carbonyl (C=O) groups is 2. The third kappa shape index (κ3) is 2.97. The molecule has 0 amide bonds. The lowest BCUT2D eigenvalue weighted by molar-refractivity contribution is -0.138. The summed E-state index contributed by atoms with van der Waals surface area (Å²) >= 11 is 6.85. The number of benzene rings is 1. The minimum Gasteiger partial charge on any atom is -0.426 e. The van der Waals surface area contributed by atoms with Crippen LogP contribution in [0.4, 0.5) is 0 Å². The van der Waals surface area contributed by atoms with E-state index in [-0.39, 0.29) is 0 Å². The van der Waals surface area contributed by atoms with Gasteiger partial charge >= 0.3 is 5.97 Å². The quantitative estimate of drug-likeness (QED) is 0.374. The van der Waals surface area contributed by atoms with Gasteiger partial charge in [0.25, 0.3) is 0 Å². The molecule has 0 radical (unpaired) electrons. The highest BCUT2D eigenvalue weighted by molar-refractivity contribution is 7.08. The number of carbonyl (C=O) groups excluding carboxylic acids is 2. The van der Waals surface area contributed by atoms with Gasteiger partial charge in [0, 0.05) is 0 Å². The SMILES string of the molecule is O=C(Cl)C(C(=O)Oc1ccccc1)c1ccsc1. The molecule has 1 aromatic carbocycles. The van der Waals surface area contributed by atoms with Crippen LogP contribution in [-0.4, -0.2) is 11.2 Å². The fourth-order valence-corrected chi connectivity index (χ4v) is 2.36. The standard InChI is InChI=1S/C13H9ClO3S/c14-12(15)11(9-6-7-18-8-9)13(16)17-10-4-2-1-3-5-10/h1-8,11H. The molecule has 0 fully saturated rings.